The lowest BCUT2D eigenvalue weighted by atomic mass is 9.71. The summed E-state index contributed by atoms with van der Waals surface area (Å²) in [6.07, 6.45) is 3.11. The fourth-order valence-corrected chi connectivity index (χ4v) is 3.39. The standard InChI is InChI=1S/C16H23FN2O2/c1-10-6-12(9-16(2,3)8-10)21-14-5-4-11(17)7-13(14)15(18)19-20/h4-5,7,10,12,20H,6,8-9H2,1-3H3,(H2,18,19). The smallest absolute Gasteiger partial charge is 0.173 e. The molecule has 5 heteroatoms. The molecule has 0 saturated heterocycles. The molecule has 0 amide bonds. The molecule has 1 aromatic rings. The lowest BCUT2D eigenvalue weighted by molar-refractivity contribution is 0.0560. The van der Waals surface area contributed by atoms with Crippen molar-refractivity contribution in [3.05, 3.63) is 29.6 Å². The highest BCUT2D eigenvalue weighted by atomic mass is 19.1. The van der Waals surface area contributed by atoms with E-state index < -0.39 is 5.82 Å². The van der Waals surface area contributed by atoms with Crippen LogP contribution in [0.2, 0.25) is 0 Å². The van der Waals surface area contributed by atoms with Crippen molar-refractivity contribution in [2.45, 2.75) is 46.1 Å². The molecule has 1 fully saturated rings. The Bertz CT molecular complexity index is 543. The summed E-state index contributed by atoms with van der Waals surface area (Å²) < 4.78 is 19.4. The van der Waals surface area contributed by atoms with E-state index in [1.165, 1.54) is 24.6 Å². The fourth-order valence-electron chi connectivity index (χ4n) is 3.39. The van der Waals surface area contributed by atoms with Gasteiger partial charge in [0.2, 0.25) is 0 Å². The van der Waals surface area contributed by atoms with Crippen LogP contribution in [0.5, 0.6) is 5.75 Å². The Morgan fingerprint density at radius 3 is 2.76 bits per heavy atom. The summed E-state index contributed by atoms with van der Waals surface area (Å²) in [6, 6.07) is 4.08. The topological polar surface area (TPSA) is 67.8 Å². The normalized spacial score (nSPS) is 25.6. The van der Waals surface area contributed by atoms with Gasteiger partial charge in [-0.15, -0.1) is 0 Å². The van der Waals surface area contributed by atoms with E-state index in [2.05, 4.69) is 25.9 Å². The third kappa shape index (κ3) is 3.86. The highest BCUT2D eigenvalue weighted by Crippen LogP contribution is 2.40. The van der Waals surface area contributed by atoms with Crippen LogP contribution >= 0.6 is 0 Å². The van der Waals surface area contributed by atoms with Crippen molar-refractivity contribution in [3.8, 4) is 5.75 Å². The second-order valence-corrected chi connectivity index (χ2v) is 6.78. The molecule has 3 N–H and O–H groups in total. The first-order valence-electron chi connectivity index (χ1n) is 7.25. The molecule has 0 bridgehead atoms. The molecule has 0 aromatic heterocycles. The Labute approximate surface area is 124 Å². The van der Waals surface area contributed by atoms with Gasteiger partial charge in [0.25, 0.3) is 0 Å². The number of benzene rings is 1. The zero-order valence-corrected chi connectivity index (χ0v) is 12.8. The molecular formula is C16H23FN2O2. The number of nitrogens with zero attached hydrogens (tertiary/aromatic N) is 1. The quantitative estimate of drug-likeness (QED) is 0.388. The minimum absolute atomic E-state index is 0.0551. The number of amidine groups is 1. The van der Waals surface area contributed by atoms with Gasteiger partial charge in [0.05, 0.1) is 11.7 Å². The molecule has 2 unspecified atom stereocenters. The van der Waals surface area contributed by atoms with Crippen molar-refractivity contribution in [3.63, 3.8) is 0 Å². The van der Waals surface area contributed by atoms with Gasteiger partial charge >= 0.3 is 0 Å². The fraction of sp³-hybridized carbons (Fsp3) is 0.562. The van der Waals surface area contributed by atoms with Gasteiger partial charge in [-0.05, 0) is 48.8 Å². The second kappa shape index (κ2) is 5.92. The minimum atomic E-state index is -0.443. The number of nitrogens with two attached hydrogens (primary N) is 1. The first-order chi connectivity index (χ1) is 9.80. The SMILES string of the molecule is CC1CC(Oc2ccc(F)cc2C(N)=NO)CC(C)(C)C1. The summed E-state index contributed by atoms with van der Waals surface area (Å²) in [7, 11) is 0. The Morgan fingerprint density at radius 1 is 1.43 bits per heavy atom. The Balaban J connectivity index is 2.23. The number of hydrogen-bond acceptors (Lipinski definition) is 3. The predicted molar refractivity (Wildman–Crippen MR) is 80.1 cm³/mol. The number of rotatable bonds is 3. The average molecular weight is 294 g/mol. The van der Waals surface area contributed by atoms with Crippen molar-refractivity contribution in [1.29, 1.82) is 0 Å². The van der Waals surface area contributed by atoms with E-state index in [1.54, 1.807) is 0 Å². The van der Waals surface area contributed by atoms with Crippen molar-refractivity contribution in [2.24, 2.45) is 22.2 Å². The van der Waals surface area contributed by atoms with Gasteiger partial charge in [-0.2, -0.15) is 0 Å². The van der Waals surface area contributed by atoms with E-state index in [9.17, 15) is 4.39 Å². The maximum atomic E-state index is 13.4. The zero-order valence-electron chi connectivity index (χ0n) is 12.8. The van der Waals surface area contributed by atoms with E-state index in [0.717, 1.165) is 12.8 Å². The molecule has 1 aromatic carbocycles. The molecule has 0 aliphatic heterocycles. The summed E-state index contributed by atoms with van der Waals surface area (Å²) in [4.78, 5) is 0. The van der Waals surface area contributed by atoms with Gasteiger partial charge in [0.1, 0.15) is 11.6 Å². The lowest BCUT2D eigenvalue weighted by Gasteiger charge is -2.39. The summed E-state index contributed by atoms with van der Waals surface area (Å²) in [5.41, 5.74) is 6.11. The van der Waals surface area contributed by atoms with Gasteiger partial charge in [-0.3, -0.25) is 0 Å². The molecule has 1 aliphatic carbocycles. The molecule has 21 heavy (non-hydrogen) atoms. The first kappa shape index (κ1) is 15.6. The van der Waals surface area contributed by atoms with Crippen LogP contribution in [-0.4, -0.2) is 17.1 Å². The Hall–Kier alpha value is -1.78. The van der Waals surface area contributed by atoms with Crippen molar-refractivity contribution < 1.29 is 14.3 Å². The van der Waals surface area contributed by atoms with Crippen LogP contribution in [0.1, 0.15) is 45.6 Å². The second-order valence-electron chi connectivity index (χ2n) is 6.78. The molecule has 0 heterocycles. The van der Waals surface area contributed by atoms with Crippen LogP contribution in [0.4, 0.5) is 4.39 Å². The van der Waals surface area contributed by atoms with Crippen LogP contribution in [0.25, 0.3) is 0 Å². The summed E-state index contributed by atoms with van der Waals surface area (Å²) >= 11 is 0. The Morgan fingerprint density at radius 2 is 2.14 bits per heavy atom. The number of halogens is 1. The minimum Gasteiger partial charge on any atom is -0.490 e. The van der Waals surface area contributed by atoms with Crippen LogP contribution in [0, 0.1) is 17.2 Å². The molecular weight excluding hydrogens is 271 g/mol. The van der Waals surface area contributed by atoms with E-state index in [4.69, 9.17) is 15.7 Å². The average Bonchev–Trinajstić information content (AvgIpc) is 2.37. The summed E-state index contributed by atoms with van der Waals surface area (Å²) in [6.45, 7) is 6.68. The molecule has 116 valence electrons. The third-order valence-corrected chi connectivity index (χ3v) is 3.97. The van der Waals surface area contributed by atoms with Gasteiger partial charge < -0.3 is 15.7 Å². The predicted octanol–water partition coefficient (Wildman–Crippen LogP) is 3.51. The maximum absolute atomic E-state index is 13.4. The highest BCUT2D eigenvalue weighted by Gasteiger charge is 2.33. The molecule has 2 atom stereocenters. The van der Waals surface area contributed by atoms with Gasteiger partial charge in [0, 0.05) is 0 Å². The third-order valence-electron chi connectivity index (χ3n) is 3.97. The van der Waals surface area contributed by atoms with Gasteiger partial charge in [0.15, 0.2) is 5.84 Å². The molecule has 1 aliphatic rings. The summed E-state index contributed by atoms with van der Waals surface area (Å²) in [5.74, 6) is 0.446. The lowest BCUT2D eigenvalue weighted by Crippen LogP contribution is -2.34. The van der Waals surface area contributed by atoms with Crippen LogP contribution < -0.4 is 10.5 Å². The van der Waals surface area contributed by atoms with Crippen LogP contribution in [0.3, 0.4) is 0 Å². The maximum Gasteiger partial charge on any atom is 0.173 e. The van der Waals surface area contributed by atoms with E-state index >= 15 is 0 Å². The zero-order chi connectivity index (χ0) is 15.6. The molecule has 0 radical (unpaired) electrons. The number of oxime groups is 1. The molecule has 1 saturated carbocycles. The molecule has 2 rings (SSSR count). The first-order valence-corrected chi connectivity index (χ1v) is 7.25. The molecule has 4 nitrogen and oxygen atoms in total. The van der Waals surface area contributed by atoms with E-state index in [1.807, 2.05) is 0 Å². The van der Waals surface area contributed by atoms with E-state index in [0.29, 0.717) is 11.7 Å². The monoisotopic (exact) mass is 294 g/mol. The van der Waals surface area contributed by atoms with Gasteiger partial charge in [-0.1, -0.05) is 25.9 Å². The van der Waals surface area contributed by atoms with Crippen molar-refractivity contribution >= 4 is 5.84 Å². The largest absolute Gasteiger partial charge is 0.490 e. The van der Waals surface area contributed by atoms with E-state index in [-0.39, 0.29) is 22.9 Å². The number of ether oxygens (including phenoxy) is 1. The van der Waals surface area contributed by atoms with Crippen LogP contribution in [-0.2, 0) is 0 Å². The number of hydrogen-bond donors (Lipinski definition) is 2. The highest BCUT2D eigenvalue weighted by molar-refractivity contribution is 5.99. The summed E-state index contributed by atoms with van der Waals surface area (Å²) in [5, 5.41) is 11.8. The molecule has 0 spiro atoms. The van der Waals surface area contributed by atoms with Crippen LogP contribution in [0.15, 0.2) is 23.4 Å². The van der Waals surface area contributed by atoms with Gasteiger partial charge in [-0.25, -0.2) is 4.39 Å². The Kier molecular flexibility index (Phi) is 4.40. The van der Waals surface area contributed by atoms with Crippen molar-refractivity contribution in [2.75, 3.05) is 0 Å². The van der Waals surface area contributed by atoms with Crippen molar-refractivity contribution in [1.82, 2.24) is 0 Å².